The van der Waals surface area contributed by atoms with Crippen LogP contribution < -0.4 is 5.48 Å². The first kappa shape index (κ1) is 24.9. The van der Waals surface area contributed by atoms with Crippen LogP contribution in [0.5, 0.6) is 0 Å². The Morgan fingerprint density at radius 2 is 1.47 bits per heavy atom. The van der Waals surface area contributed by atoms with Crippen LogP contribution in [0.3, 0.4) is 0 Å². The zero-order valence-corrected chi connectivity index (χ0v) is 19.4. The number of amides is 1. The molecule has 2 aromatic carbocycles. The van der Waals surface area contributed by atoms with E-state index in [9.17, 15) is 31.6 Å². The van der Waals surface area contributed by atoms with Crippen LogP contribution in [-0.4, -0.2) is 54.8 Å². The number of hydroxylamine groups is 1. The van der Waals surface area contributed by atoms with Gasteiger partial charge in [0.2, 0.25) is 0 Å². The molecule has 0 spiro atoms. The average molecular weight is 507 g/mol. The average Bonchev–Trinajstić information content (AvgIpc) is 2.74. The van der Waals surface area contributed by atoms with Crippen LogP contribution in [-0.2, 0) is 14.6 Å². The van der Waals surface area contributed by atoms with Crippen molar-refractivity contribution in [2.24, 2.45) is 0 Å². The Balaban J connectivity index is 1.79. The van der Waals surface area contributed by atoms with E-state index in [0.717, 1.165) is 0 Å². The molecule has 2 N–H and O–H groups in total. The topological polar surface area (TPSA) is 86.7 Å². The Morgan fingerprint density at radius 1 is 1.00 bits per heavy atom. The molecule has 32 heavy (non-hydrogen) atoms. The molecule has 2 aromatic rings. The first-order chi connectivity index (χ1) is 15.0. The fourth-order valence-electron chi connectivity index (χ4n) is 3.46. The number of nitrogens with one attached hydrogen (secondary N) is 1. The predicted molar refractivity (Wildman–Crippen MR) is 115 cm³/mol. The molecule has 12 heteroatoms. The van der Waals surface area contributed by atoms with Crippen LogP contribution in [0, 0.1) is 0 Å². The van der Waals surface area contributed by atoms with Crippen molar-refractivity contribution < 1.29 is 31.6 Å². The van der Waals surface area contributed by atoms with E-state index < -0.39 is 26.0 Å². The van der Waals surface area contributed by atoms with Gasteiger partial charge < -0.3 is 4.90 Å². The number of benzene rings is 2. The van der Waals surface area contributed by atoms with Gasteiger partial charge in [0.25, 0.3) is 5.91 Å². The number of thioether (sulfide) groups is 1. The molecule has 0 saturated carbocycles. The summed E-state index contributed by atoms with van der Waals surface area (Å²) in [6.07, 6.45) is 0.105. The molecular weight excluding hydrogens is 485 g/mol. The highest BCUT2D eigenvalue weighted by molar-refractivity contribution is 8.00. The molecule has 0 atom stereocenters. The lowest BCUT2D eigenvalue weighted by Gasteiger charge is -2.38. The van der Waals surface area contributed by atoms with E-state index in [1.54, 1.807) is 24.3 Å². The van der Waals surface area contributed by atoms with Crippen LogP contribution >= 0.6 is 23.5 Å². The lowest BCUT2D eigenvalue weighted by atomic mass is 9.95. The van der Waals surface area contributed by atoms with Crippen molar-refractivity contribution in [1.29, 1.82) is 0 Å². The number of piperidine rings is 1. The van der Waals surface area contributed by atoms with Crippen molar-refractivity contribution in [2.75, 3.05) is 20.1 Å². The standard InChI is InChI=1S/C20H21F3N2O4S3/c1-25-12-10-19(11-13-25,18(26)24-27)32(28,29)17-8-6-15(7-9-17)30-14-2-4-16(5-3-14)31-20(21,22)23/h2-9,27H,10-13H2,1H3,(H,24,26). The van der Waals surface area contributed by atoms with Gasteiger partial charge in [0.1, 0.15) is 0 Å². The highest BCUT2D eigenvalue weighted by Gasteiger charge is 2.52. The van der Waals surface area contributed by atoms with Gasteiger partial charge in [-0.1, -0.05) is 11.8 Å². The van der Waals surface area contributed by atoms with Gasteiger partial charge in [0.05, 0.1) is 4.90 Å². The van der Waals surface area contributed by atoms with Gasteiger partial charge in [-0.25, -0.2) is 13.9 Å². The summed E-state index contributed by atoms with van der Waals surface area (Å²) in [4.78, 5) is 15.7. The van der Waals surface area contributed by atoms with Crippen LogP contribution in [0.2, 0.25) is 0 Å². The van der Waals surface area contributed by atoms with Gasteiger partial charge in [-0.05, 0) is 93.3 Å². The van der Waals surface area contributed by atoms with E-state index in [4.69, 9.17) is 0 Å². The lowest BCUT2D eigenvalue weighted by molar-refractivity contribution is -0.133. The first-order valence-corrected chi connectivity index (χ1v) is 12.6. The molecule has 6 nitrogen and oxygen atoms in total. The third-order valence-corrected chi connectivity index (χ3v) is 9.52. The van der Waals surface area contributed by atoms with Crippen LogP contribution in [0.15, 0.2) is 68.1 Å². The largest absolute Gasteiger partial charge is 0.446 e. The molecule has 1 aliphatic rings. The van der Waals surface area contributed by atoms with Gasteiger partial charge in [0.15, 0.2) is 14.6 Å². The summed E-state index contributed by atoms with van der Waals surface area (Å²) in [5.74, 6) is -0.944. The van der Waals surface area contributed by atoms with E-state index in [-0.39, 0.29) is 34.4 Å². The summed E-state index contributed by atoms with van der Waals surface area (Å²) >= 11 is 1.08. The molecule has 1 heterocycles. The minimum Gasteiger partial charge on any atom is -0.306 e. The Morgan fingerprint density at radius 3 is 1.94 bits per heavy atom. The van der Waals surface area contributed by atoms with Crippen molar-refractivity contribution >= 4 is 39.3 Å². The minimum absolute atomic E-state index is 0.0353. The van der Waals surface area contributed by atoms with Crippen LogP contribution in [0.25, 0.3) is 0 Å². The maximum absolute atomic E-state index is 13.3. The summed E-state index contributed by atoms with van der Waals surface area (Å²) < 4.78 is 62.3. The Bertz CT molecular complexity index is 1050. The number of nitrogens with zero attached hydrogens (tertiary/aromatic N) is 1. The van der Waals surface area contributed by atoms with Crippen molar-refractivity contribution in [3.8, 4) is 0 Å². The van der Waals surface area contributed by atoms with E-state index in [1.807, 2.05) is 11.9 Å². The molecule has 0 unspecified atom stereocenters. The monoisotopic (exact) mass is 506 g/mol. The van der Waals surface area contributed by atoms with Gasteiger partial charge in [-0.3, -0.25) is 10.0 Å². The molecule has 0 aromatic heterocycles. The third-order valence-electron chi connectivity index (χ3n) is 5.25. The lowest BCUT2D eigenvalue weighted by Crippen LogP contribution is -2.57. The second kappa shape index (κ2) is 9.64. The zero-order valence-electron chi connectivity index (χ0n) is 16.9. The highest BCUT2D eigenvalue weighted by atomic mass is 32.2. The maximum Gasteiger partial charge on any atom is 0.446 e. The molecule has 1 saturated heterocycles. The normalized spacial score (nSPS) is 17.2. The highest BCUT2D eigenvalue weighted by Crippen LogP contribution is 2.39. The summed E-state index contributed by atoms with van der Waals surface area (Å²) in [6, 6.07) is 11.8. The number of hydrogen-bond donors (Lipinski definition) is 2. The number of alkyl halides is 3. The number of sulfone groups is 1. The Kier molecular flexibility index (Phi) is 7.50. The van der Waals surface area contributed by atoms with E-state index >= 15 is 0 Å². The molecule has 174 valence electrons. The van der Waals surface area contributed by atoms with E-state index in [2.05, 4.69) is 0 Å². The number of hydrogen-bond acceptors (Lipinski definition) is 7. The number of halogens is 3. The van der Waals surface area contributed by atoms with Crippen molar-refractivity contribution in [1.82, 2.24) is 10.4 Å². The van der Waals surface area contributed by atoms with Crippen molar-refractivity contribution in [2.45, 2.75) is 42.7 Å². The second-order valence-electron chi connectivity index (χ2n) is 7.33. The number of rotatable bonds is 6. The molecule has 3 rings (SSSR count). The van der Waals surface area contributed by atoms with Gasteiger partial charge in [-0.15, -0.1) is 0 Å². The van der Waals surface area contributed by atoms with Crippen LogP contribution in [0.4, 0.5) is 13.2 Å². The summed E-state index contributed by atoms with van der Waals surface area (Å²) in [7, 11) is -2.26. The molecular formula is C20H21F3N2O4S3. The number of carbonyl (C=O) groups is 1. The molecule has 1 amide bonds. The van der Waals surface area contributed by atoms with Gasteiger partial charge in [0, 0.05) is 14.7 Å². The fourth-order valence-corrected chi connectivity index (χ4v) is 6.77. The summed E-state index contributed by atoms with van der Waals surface area (Å²) in [5, 5.41) is 9.17. The fraction of sp³-hybridized carbons (Fsp3) is 0.350. The first-order valence-electron chi connectivity index (χ1n) is 9.48. The summed E-state index contributed by atoms with van der Waals surface area (Å²) in [6.45, 7) is 0.784. The molecule has 0 bridgehead atoms. The van der Waals surface area contributed by atoms with Gasteiger partial charge in [-0.2, -0.15) is 13.2 Å². The molecule has 1 fully saturated rings. The maximum atomic E-state index is 13.3. The Hall–Kier alpha value is -1.73. The second-order valence-corrected chi connectivity index (χ2v) is 11.9. The minimum atomic E-state index is -4.35. The summed E-state index contributed by atoms with van der Waals surface area (Å²) in [5.41, 5.74) is -2.84. The SMILES string of the molecule is CN1CCC(C(=O)NO)(S(=O)(=O)c2ccc(Sc3ccc(SC(F)(F)F)cc3)cc2)CC1. The Labute approximate surface area is 192 Å². The smallest absolute Gasteiger partial charge is 0.306 e. The molecule has 0 radical (unpaired) electrons. The zero-order chi connectivity index (χ0) is 23.6. The van der Waals surface area contributed by atoms with Crippen LogP contribution in [0.1, 0.15) is 12.8 Å². The predicted octanol–water partition coefficient (Wildman–Crippen LogP) is 4.19. The van der Waals surface area contributed by atoms with Gasteiger partial charge >= 0.3 is 5.51 Å². The van der Waals surface area contributed by atoms with E-state index in [1.165, 1.54) is 41.5 Å². The number of carbonyl (C=O) groups excluding carboxylic acids is 1. The van der Waals surface area contributed by atoms with Crippen molar-refractivity contribution in [3.63, 3.8) is 0 Å². The molecule has 1 aliphatic heterocycles. The van der Waals surface area contributed by atoms with E-state index in [0.29, 0.717) is 22.9 Å². The quantitative estimate of drug-likeness (QED) is 0.345. The van der Waals surface area contributed by atoms with Crippen molar-refractivity contribution in [3.05, 3.63) is 48.5 Å². The number of likely N-dealkylation sites (tertiary alicyclic amines) is 1. The third kappa shape index (κ3) is 5.42. The molecule has 0 aliphatic carbocycles.